The van der Waals surface area contributed by atoms with E-state index in [4.69, 9.17) is 9.47 Å². The first-order valence-electron chi connectivity index (χ1n) is 13.9. The van der Waals surface area contributed by atoms with Crippen molar-refractivity contribution in [1.29, 1.82) is 0 Å². The zero-order chi connectivity index (χ0) is 23.3. The van der Waals surface area contributed by atoms with Gasteiger partial charge in [0.1, 0.15) is 5.78 Å². The number of Topliss-reactive ketones (excluding diaryl/α,β-unsaturated/α-hetero) is 1. The normalized spacial score (nSPS) is 48.1. The third kappa shape index (κ3) is 4.34. The maximum absolute atomic E-state index is 13.4. The molecule has 8 atom stereocenters. The van der Waals surface area contributed by atoms with Crippen LogP contribution in [0.3, 0.4) is 0 Å². The number of hydrogen-bond acceptors (Lipinski definition) is 5. The van der Waals surface area contributed by atoms with E-state index in [1.165, 1.54) is 32.1 Å². The van der Waals surface area contributed by atoms with Crippen molar-refractivity contribution in [2.45, 2.75) is 84.2 Å². The first-order valence-corrected chi connectivity index (χ1v) is 13.9. The molecular formula is C28H47NO4. The van der Waals surface area contributed by atoms with Crippen LogP contribution in [-0.2, 0) is 14.3 Å². The van der Waals surface area contributed by atoms with E-state index in [9.17, 15) is 9.90 Å². The van der Waals surface area contributed by atoms with Gasteiger partial charge in [0, 0.05) is 25.6 Å². The predicted molar refractivity (Wildman–Crippen MR) is 129 cm³/mol. The van der Waals surface area contributed by atoms with E-state index >= 15 is 0 Å². The number of ether oxygens (including phenoxy) is 2. The molecular weight excluding hydrogens is 414 g/mol. The molecule has 1 heterocycles. The van der Waals surface area contributed by atoms with Crippen LogP contribution in [0.1, 0.15) is 78.6 Å². The molecule has 1 saturated heterocycles. The van der Waals surface area contributed by atoms with Crippen molar-refractivity contribution in [2.75, 3.05) is 46.1 Å². The SMILES string of the molecule is CCOC[C@@]1(O)CC[C@@H]2[C@H]3CC[C@]4(C)[C@@H](C(=O)CN5CCOCC5)CC[C@H]4[C@@H]3CC[C@@]2(C)C1. The lowest BCUT2D eigenvalue weighted by atomic mass is 9.45. The van der Waals surface area contributed by atoms with Gasteiger partial charge in [-0.15, -0.1) is 0 Å². The van der Waals surface area contributed by atoms with Crippen LogP contribution >= 0.6 is 0 Å². The molecule has 5 fully saturated rings. The van der Waals surface area contributed by atoms with Crippen molar-refractivity contribution in [3.63, 3.8) is 0 Å². The largest absolute Gasteiger partial charge is 0.387 e. The van der Waals surface area contributed by atoms with E-state index in [-0.39, 0.29) is 16.7 Å². The lowest BCUT2D eigenvalue weighted by molar-refractivity contribution is -0.162. The van der Waals surface area contributed by atoms with E-state index in [2.05, 4.69) is 18.7 Å². The maximum atomic E-state index is 13.4. The number of aliphatic hydroxyl groups is 1. The molecule has 5 nitrogen and oxygen atoms in total. The average molecular weight is 462 g/mol. The van der Waals surface area contributed by atoms with Crippen LogP contribution in [-0.4, -0.2) is 67.5 Å². The molecule has 5 heteroatoms. The minimum atomic E-state index is -0.637. The molecule has 33 heavy (non-hydrogen) atoms. The number of rotatable bonds is 6. The summed E-state index contributed by atoms with van der Waals surface area (Å²) in [5, 5.41) is 11.2. The lowest BCUT2D eigenvalue weighted by Crippen LogP contribution is -2.56. The Kier molecular flexibility index (Phi) is 6.74. The number of morpholine rings is 1. The Balaban J connectivity index is 1.27. The Hall–Kier alpha value is -0.490. The van der Waals surface area contributed by atoms with E-state index < -0.39 is 5.60 Å². The van der Waals surface area contributed by atoms with Gasteiger partial charge in [0.05, 0.1) is 32.0 Å². The molecule has 1 aliphatic heterocycles. The summed E-state index contributed by atoms with van der Waals surface area (Å²) >= 11 is 0. The molecule has 0 bridgehead atoms. The highest BCUT2D eigenvalue weighted by Gasteiger charge is 2.61. The number of carbonyl (C=O) groups excluding carboxylic acids is 1. The first-order chi connectivity index (χ1) is 15.8. The average Bonchev–Trinajstić information content (AvgIpc) is 3.15. The van der Waals surface area contributed by atoms with Gasteiger partial charge in [-0.1, -0.05) is 13.8 Å². The molecule has 1 N–H and O–H groups in total. The molecule has 4 aliphatic carbocycles. The zero-order valence-electron chi connectivity index (χ0n) is 21.3. The lowest BCUT2D eigenvalue weighted by Gasteiger charge is -2.61. The molecule has 0 spiro atoms. The predicted octanol–water partition coefficient (Wildman–Crippen LogP) is 4.31. The monoisotopic (exact) mass is 461 g/mol. The second kappa shape index (κ2) is 9.19. The highest BCUT2D eigenvalue weighted by molar-refractivity contribution is 5.84. The fourth-order valence-electron chi connectivity index (χ4n) is 9.51. The van der Waals surface area contributed by atoms with E-state index in [1.54, 1.807) is 0 Å². The summed E-state index contributed by atoms with van der Waals surface area (Å²) < 4.78 is 11.2. The van der Waals surface area contributed by atoms with Crippen LogP contribution < -0.4 is 0 Å². The highest BCUT2D eigenvalue weighted by atomic mass is 16.5. The van der Waals surface area contributed by atoms with E-state index in [0.717, 1.165) is 69.7 Å². The molecule has 5 aliphatic rings. The Morgan fingerprint density at radius 3 is 2.48 bits per heavy atom. The third-order valence-electron chi connectivity index (χ3n) is 11.1. The Bertz CT molecular complexity index is 723. The van der Waals surface area contributed by atoms with Gasteiger partial charge in [0.2, 0.25) is 0 Å². The second-order valence-electron chi connectivity index (χ2n) is 12.8. The standard InChI is InChI=1S/C28H47NO4/c1-4-32-19-28(31)12-9-22-20-8-11-27(3)23(21(20)7-10-26(22,2)18-28)5-6-24(27)25(30)17-29-13-15-33-16-14-29/h20-24,31H,4-19H2,1-3H3/t20-,21+,22+,23-,24+,26-,27-,28+/m0/s1. The van der Waals surface area contributed by atoms with Crippen LogP contribution in [0.15, 0.2) is 0 Å². The summed E-state index contributed by atoms with van der Waals surface area (Å²) in [4.78, 5) is 15.8. The van der Waals surface area contributed by atoms with Gasteiger partial charge in [-0.2, -0.15) is 0 Å². The van der Waals surface area contributed by atoms with Gasteiger partial charge in [-0.25, -0.2) is 0 Å². The summed E-state index contributed by atoms with van der Waals surface area (Å²) in [6, 6.07) is 0. The van der Waals surface area contributed by atoms with Crippen molar-refractivity contribution in [2.24, 2.45) is 40.4 Å². The van der Waals surface area contributed by atoms with Crippen LogP contribution in [0.4, 0.5) is 0 Å². The van der Waals surface area contributed by atoms with Crippen molar-refractivity contribution < 1.29 is 19.4 Å². The van der Waals surface area contributed by atoms with E-state index in [1.807, 2.05) is 6.92 Å². The molecule has 5 rings (SSSR count). The number of nitrogens with zero attached hydrogens (tertiary/aromatic N) is 1. The van der Waals surface area contributed by atoms with Crippen molar-refractivity contribution in [3.8, 4) is 0 Å². The number of carbonyl (C=O) groups is 1. The topological polar surface area (TPSA) is 59.0 Å². The molecule has 0 amide bonds. The van der Waals surface area contributed by atoms with Crippen LogP contribution in [0.2, 0.25) is 0 Å². The summed E-state index contributed by atoms with van der Waals surface area (Å²) in [6.07, 6.45) is 10.3. The van der Waals surface area contributed by atoms with Crippen molar-refractivity contribution >= 4 is 5.78 Å². The Labute approximate surface area is 201 Å². The third-order valence-corrected chi connectivity index (χ3v) is 11.1. The Morgan fingerprint density at radius 2 is 1.73 bits per heavy atom. The quantitative estimate of drug-likeness (QED) is 0.639. The molecule has 4 saturated carbocycles. The number of hydrogen-bond donors (Lipinski definition) is 1. The summed E-state index contributed by atoms with van der Waals surface area (Å²) in [5.41, 5.74) is -0.201. The molecule has 0 aromatic heterocycles. The molecule has 0 aromatic carbocycles. The second-order valence-corrected chi connectivity index (χ2v) is 12.8. The van der Waals surface area contributed by atoms with Crippen LogP contribution in [0.5, 0.6) is 0 Å². The summed E-state index contributed by atoms with van der Waals surface area (Å²) in [7, 11) is 0. The Morgan fingerprint density at radius 1 is 1.00 bits per heavy atom. The number of fused-ring (bicyclic) bond motifs is 5. The van der Waals surface area contributed by atoms with Gasteiger partial charge >= 0.3 is 0 Å². The van der Waals surface area contributed by atoms with Crippen LogP contribution in [0, 0.1) is 40.4 Å². The zero-order valence-corrected chi connectivity index (χ0v) is 21.3. The van der Waals surface area contributed by atoms with Gasteiger partial charge in [-0.05, 0) is 99.2 Å². The fourth-order valence-corrected chi connectivity index (χ4v) is 9.51. The maximum Gasteiger partial charge on any atom is 0.150 e. The fraction of sp³-hybridized carbons (Fsp3) is 0.964. The molecule has 0 aromatic rings. The molecule has 0 unspecified atom stereocenters. The minimum Gasteiger partial charge on any atom is -0.387 e. The van der Waals surface area contributed by atoms with Gasteiger partial charge in [0.15, 0.2) is 0 Å². The van der Waals surface area contributed by atoms with Gasteiger partial charge < -0.3 is 14.6 Å². The first kappa shape index (κ1) is 24.2. The minimum absolute atomic E-state index is 0.197. The van der Waals surface area contributed by atoms with Crippen molar-refractivity contribution in [1.82, 2.24) is 4.90 Å². The summed E-state index contributed by atoms with van der Waals surface area (Å²) in [5.74, 6) is 3.75. The summed E-state index contributed by atoms with van der Waals surface area (Å²) in [6.45, 7) is 12.1. The van der Waals surface area contributed by atoms with Gasteiger partial charge in [-0.3, -0.25) is 9.69 Å². The molecule has 188 valence electrons. The highest BCUT2D eigenvalue weighted by Crippen LogP contribution is 2.67. The van der Waals surface area contributed by atoms with Gasteiger partial charge in [0.25, 0.3) is 0 Å². The smallest absolute Gasteiger partial charge is 0.150 e. The number of ketones is 1. The van der Waals surface area contributed by atoms with Crippen LogP contribution in [0.25, 0.3) is 0 Å². The van der Waals surface area contributed by atoms with E-state index in [0.29, 0.717) is 31.5 Å². The molecule has 0 radical (unpaired) electrons. The van der Waals surface area contributed by atoms with Crippen molar-refractivity contribution in [3.05, 3.63) is 0 Å².